The van der Waals surface area contributed by atoms with Gasteiger partial charge in [0.1, 0.15) is 24.3 Å². The van der Waals surface area contributed by atoms with Crippen molar-refractivity contribution in [1.82, 2.24) is 39.3 Å². The highest BCUT2D eigenvalue weighted by molar-refractivity contribution is 6.11. The van der Waals surface area contributed by atoms with Gasteiger partial charge >= 0.3 is 12.4 Å². The van der Waals surface area contributed by atoms with Crippen molar-refractivity contribution in [3.8, 4) is 0 Å². The maximum atomic E-state index is 14.3. The Labute approximate surface area is 471 Å². The van der Waals surface area contributed by atoms with E-state index in [1.165, 1.54) is 21.9 Å². The molecular weight excluding hydrogens is 1070 g/mol. The largest absolute Gasteiger partial charge is 0.416 e. The van der Waals surface area contributed by atoms with Crippen molar-refractivity contribution < 1.29 is 55.6 Å². The Bertz CT molecular complexity index is 3120. The minimum Gasteiger partial charge on any atom is -0.396 e. The smallest absolute Gasteiger partial charge is 0.396 e. The highest BCUT2D eigenvalue weighted by Gasteiger charge is 2.46. The van der Waals surface area contributed by atoms with Gasteiger partial charge in [0.05, 0.1) is 50.6 Å². The Kier molecular flexibility index (Phi) is 15.7. The zero-order valence-electron chi connectivity index (χ0n) is 46.4. The van der Waals surface area contributed by atoms with Crippen molar-refractivity contribution >= 4 is 23.2 Å². The molecule has 436 valence electrons. The first-order valence-corrected chi connectivity index (χ1v) is 27.9. The summed E-state index contributed by atoms with van der Waals surface area (Å²) in [4.78, 5) is 34.4. The van der Waals surface area contributed by atoms with Gasteiger partial charge in [-0.25, -0.2) is 0 Å². The van der Waals surface area contributed by atoms with Crippen LogP contribution in [-0.2, 0) is 85.8 Å². The number of aliphatic hydroxyl groups is 2. The van der Waals surface area contributed by atoms with Gasteiger partial charge in [-0.3, -0.25) is 19.4 Å². The van der Waals surface area contributed by atoms with Crippen molar-refractivity contribution in [1.29, 1.82) is 0 Å². The van der Waals surface area contributed by atoms with Gasteiger partial charge in [-0.2, -0.15) is 26.3 Å². The number of piperidine rings is 2. The average molecular weight is 1140 g/mol. The van der Waals surface area contributed by atoms with Crippen molar-refractivity contribution in [2.75, 3.05) is 75.6 Å². The Hall–Kier alpha value is -6.56. The van der Waals surface area contributed by atoms with Crippen LogP contribution in [0.3, 0.4) is 0 Å². The molecule has 6 aliphatic heterocycles. The number of halogens is 6. The molecule has 0 aliphatic carbocycles. The number of aryl methyl sites for hydroxylation is 2. The van der Waals surface area contributed by atoms with E-state index in [4.69, 9.17) is 9.47 Å². The van der Waals surface area contributed by atoms with E-state index in [9.17, 15) is 46.1 Å². The van der Waals surface area contributed by atoms with Gasteiger partial charge in [-0.1, -0.05) is 38.1 Å². The summed E-state index contributed by atoms with van der Waals surface area (Å²) >= 11 is 0. The molecule has 12 rings (SSSR count). The Morgan fingerprint density at radius 2 is 0.988 bits per heavy atom. The number of fused-ring (bicyclic) bond motifs is 2. The number of benzene rings is 4. The number of nitrogens with zero attached hydrogens (tertiary/aromatic N) is 10. The van der Waals surface area contributed by atoms with E-state index in [2.05, 4.69) is 44.0 Å². The molecule has 82 heavy (non-hydrogen) atoms. The number of anilines is 2. The molecule has 6 aliphatic rings. The second-order valence-electron chi connectivity index (χ2n) is 24.0. The van der Waals surface area contributed by atoms with Crippen LogP contribution in [0, 0.1) is 23.7 Å². The lowest BCUT2D eigenvalue weighted by atomic mass is 9.75. The number of hydrogen-bond donors (Lipinski definition) is 2. The number of likely N-dealkylation sites (tertiary alicyclic amines) is 2. The third-order valence-electron chi connectivity index (χ3n) is 17.4. The molecule has 0 saturated carbocycles. The van der Waals surface area contributed by atoms with Gasteiger partial charge in [0.2, 0.25) is 0 Å². The summed E-state index contributed by atoms with van der Waals surface area (Å²) in [5.74, 6) is 1.60. The molecular formula is C60H68F6N10O6. The number of carbonyl (C=O) groups is 2. The molecule has 2 amide bonds. The Morgan fingerprint density at radius 1 is 0.585 bits per heavy atom. The van der Waals surface area contributed by atoms with Crippen LogP contribution < -0.4 is 9.80 Å². The number of aliphatic hydroxyl groups excluding tert-OH is 2. The van der Waals surface area contributed by atoms with Gasteiger partial charge in [-0.05, 0) is 118 Å². The van der Waals surface area contributed by atoms with Crippen LogP contribution >= 0.6 is 0 Å². The van der Waals surface area contributed by atoms with Gasteiger partial charge in [0.25, 0.3) is 11.8 Å². The van der Waals surface area contributed by atoms with Gasteiger partial charge in [-0.15, -0.1) is 20.4 Å². The van der Waals surface area contributed by atoms with Crippen LogP contribution in [0.2, 0.25) is 0 Å². The molecule has 22 heteroatoms. The van der Waals surface area contributed by atoms with Crippen LogP contribution in [-0.4, -0.2) is 127 Å². The zero-order chi connectivity index (χ0) is 57.9. The highest BCUT2D eigenvalue weighted by atomic mass is 19.4. The number of hydrogen-bond acceptors (Lipinski definition) is 12. The third kappa shape index (κ3) is 11.5. The minimum atomic E-state index is -4.59. The lowest BCUT2D eigenvalue weighted by Gasteiger charge is -2.42. The number of ether oxygens (including phenoxy) is 2. The van der Waals surface area contributed by atoms with Gasteiger partial charge in [0, 0.05) is 113 Å². The van der Waals surface area contributed by atoms with Crippen LogP contribution in [0.1, 0.15) is 104 Å². The Balaban J connectivity index is 0.000000172. The number of carbonyl (C=O) groups excluding carboxylic acids is 2. The molecule has 0 unspecified atom stereocenters. The quantitative estimate of drug-likeness (QED) is 0.101. The molecule has 0 radical (unpaired) electrons. The lowest BCUT2D eigenvalue weighted by molar-refractivity contribution is -0.139. The first-order valence-electron chi connectivity index (χ1n) is 27.9. The molecule has 2 N–H and O–H groups in total. The topological polar surface area (TPSA) is 167 Å². The molecule has 0 bridgehead atoms. The monoisotopic (exact) mass is 1140 g/mol. The van der Waals surface area contributed by atoms with E-state index in [0.717, 1.165) is 48.7 Å². The lowest BCUT2D eigenvalue weighted by Crippen LogP contribution is -2.49. The number of aromatic nitrogens is 6. The van der Waals surface area contributed by atoms with E-state index in [1.54, 1.807) is 36.9 Å². The minimum absolute atomic E-state index is 0.0117. The number of alkyl halides is 6. The summed E-state index contributed by atoms with van der Waals surface area (Å²) in [5.41, 5.74) is 1.92. The zero-order valence-corrected chi connectivity index (χ0v) is 46.4. The van der Waals surface area contributed by atoms with Crippen LogP contribution in [0.25, 0.3) is 0 Å². The van der Waals surface area contributed by atoms with Gasteiger partial charge in [0.15, 0.2) is 0 Å². The van der Waals surface area contributed by atoms with Crippen LogP contribution in [0.5, 0.6) is 0 Å². The molecule has 8 heterocycles. The third-order valence-corrected chi connectivity index (χ3v) is 17.4. The molecule has 2 aromatic heterocycles. The number of amides is 2. The van der Waals surface area contributed by atoms with Crippen LogP contribution in [0.15, 0.2) is 85.5 Å². The molecule has 6 aromatic rings. The number of rotatable bonds is 14. The van der Waals surface area contributed by atoms with Gasteiger partial charge < -0.3 is 38.6 Å². The molecule has 16 nitrogen and oxygen atoms in total. The highest BCUT2D eigenvalue weighted by Crippen LogP contribution is 2.45. The average Bonchev–Trinajstić information content (AvgIpc) is 4.33. The fourth-order valence-corrected chi connectivity index (χ4v) is 13.3. The van der Waals surface area contributed by atoms with Crippen molar-refractivity contribution in [2.24, 2.45) is 37.8 Å². The molecule has 0 spiro atoms. The first-order chi connectivity index (χ1) is 39.1. The first kappa shape index (κ1) is 57.3. The summed E-state index contributed by atoms with van der Waals surface area (Å²) in [6, 6.07) is 20.6. The van der Waals surface area contributed by atoms with E-state index >= 15 is 0 Å². The normalized spacial score (nSPS) is 22.6. The maximum absolute atomic E-state index is 14.3. The molecule has 4 fully saturated rings. The standard InChI is InChI=1S/2C30H34F3N5O3/c2*1-19-6-21(15-39)13-37(11-19)12-20-7-24-25(26(8-20)30(31,32)33)14-38(28(24)40)23-5-3-4-22(9-23)29(16-41-17-29)10-27-35-34-18-36(27)2/h2*3-5,7-9,18-19,21,39H,6,10-17H2,1-2H3/t19-,21+;19-,21-/m00/s1. The second kappa shape index (κ2) is 22.5. The maximum Gasteiger partial charge on any atom is 0.416 e. The predicted molar refractivity (Wildman–Crippen MR) is 290 cm³/mol. The fourth-order valence-electron chi connectivity index (χ4n) is 13.3. The van der Waals surface area contributed by atoms with Crippen molar-refractivity contribution in [3.05, 3.63) is 153 Å². The SMILES string of the molecule is C[C@H]1C[C@@H](CO)CN(Cc2cc3c(c(C(F)(F)F)c2)CN(c2cccc(C4(Cc5nncn5C)COC4)c2)C3=O)C1.C[C@H]1C[C@H](CO)CN(Cc2cc3c(c(C(F)(F)F)c2)CN(c2cccc(C4(Cc5nncn5C)COC4)c2)C3=O)C1. The summed E-state index contributed by atoms with van der Waals surface area (Å²) in [6.07, 6.45) is -2.93. The van der Waals surface area contributed by atoms with Crippen molar-refractivity contribution in [2.45, 2.75) is 88.9 Å². The fraction of sp³-hybridized carbons (Fsp3) is 0.500. The summed E-state index contributed by atoms with van der Waals surface area (Å²) in [7, 11) is 3.75. The summed E-state index contributed by atoms with van der Waals surface area (Å²) < 4.78 is 101. The second-order valence-corrected chi connectivity index (χ2v) is 24.0. The van der Waals surface area contributed by atoms with E-state index < -0.39 is 35.3 Å². The van der Waals surface area contributed by atoms with E-state index in [1.807, 2.05) is 59.6 Å². The summed E-state index contributed by atoms with van der Waals surface area (Å²) in [5, 5.41) is 35.7. The molecule has 4 saturated heterocycles. The predicted octanol–water partition coefficient (Wildman–Crippen LogP) is 7.91. The Morgan fingerprint density at radius 3 is 1.32 bits per heavy atom. The molecule has 4 aromatic carbocycles. The molecule has 4 atom stereocenters. The van der Waals surface area contributed by atoms with E-state index in [-0.39, 0.29) is 71.2 Å². The van der Waals surface area contributed by atoms with E-state index in [0.29, 0.717) is 99.8 Å². The van der Waals surface area contributed by atoms with Crippen LogP contribution in [0.4, 0.5) is 37.7 Å². The summed E-state index contributed by atoms with van der Waals surface area (Å²) in [6.45, 7) is 9.19. The van der Waals surface area contributed by atoms with Crippen molar-refractivity contribution in [3.63, 3.8) is 0 Å².